The lowest BCUT2D eigenvalue weighted by molar-refractivity contribution is -0.143. The lowest BCUT2D eigenvalue weighted by Gasteiger charge is -2.27. The Balaban J connectivity index is 1.43. The van der Waals surface area contributed by atoms with Crippen LogP contribution < -0.4 is 10.1 Å². The molecule has 2 aromatic rings. The quantitative estimate of drug-likeness (QED) is 0.447. The molecule has 0 saturated heterocycles. The Morgan fingerprint density at radius 1 is 1.21 bits per heavy atom. The lowest BCUT2D eigenvalue weighted by Crippen LogP contribution is -2.29. The van der Waals surface area contributed by atoms with Crippen molar-refractivity contribution in [3.63, 3.8) is 0 Å². The summed E-state index contributed by atoms with van der Waals surface area (Å²) in [7, 11) is 0. The number of halogens is 1. The molecule has 0 aliphatic heterocycles. The van der Waals surface area contributed by atoms with Crippen LogP contribution in [0.2, 0.25) is 4.34 Å². The van der Waals surface area contributed by atoms with Crippen molar-refractivity contribution in [2.45, 2.75) is 71.4 Å². The number of rotatable bonds is 8. The first-order valence-corrected chi connectivity index (χ1v) is 13.1. The number of amides is 1. The molecule has 0 spiro atoms. The van der Waals surface area contributed by atoms with Gasteiger partial charge < -0.3 is 19.9 Å². The van der Waals surface area contributed by atoms with E-state index in [-0.39, 0.29) is 12.0 Å². The molecule has 2 aromatic heterocycles. The van der Waals surface area contributed by atoms with E-state index in [1.807, 2.05) is 26.0 Å². The molecule has 2 heterocycles. The zero-order valence-corrected chi connectivity index (χ0v) is 21.1. The van der Waals surface area contributed by atoms with Crippen LogP contribution in [0.5, 0.6) is 5.75 Å². The van der Waals surface area contributed by atoms with Crippen molar-refractivity contribution in [2.24, 2.45) is 11.8 Å². The predicted octanol–water partition coefficient (Wildman–Crippen LogP) is 6.13. The van der Waals surface area contributed by atoms with E-state index < -0.39 is 12.1 Å². The van der Waals surface area contributed by atoms with Crippen molar-refractivity contribution in [1.29, 1.82) is 0 Å². The van der Waals surface area contributed by atoms with Crippen LogP contribution in [0.25, 0.3) is 10.6 Å². The third-order valence-electron chi connectivity index (χ3n) is 6.84. The number of aryl methyl sites for hydroxylation is 1. The molecule has 1 amide bonds. The Kier molecular flexibility index (Phi) is 7.99. The predicted molar refractivity (Wildman–Crippen MR) is 132 cm³/mol. The second-order valence-corrected chi connectivity index (χ2v) is 10.9. The average molecular weight is 507 g/mol. The summed E-state index contributed by atoms with van der Waals surface area (Å²) in [4.78, 5) is 29.1. The number of nitrogens with zero attached hydrogens (tertiary/aromatic N) is 1. The number of nitrogens with one attached hydrogen (secondary N) is 1. The van der Waals surface area contributed by atoms with Gasteiger partial charge in [-0.05, 0) is 81.5 Å². The number of alkyl carbamates (subject to hydrolysis) is 1. The summed E-state index contributed by atoms with van der Waals surface area (Å²) < 4.78 is 12.1. The van der Waals surface area contributed by atoms with Gasteiger partial charge >= 0.3 is 12.1 Å². The number of thiophene rings is 1. The maximum atomic E-state index is 12.1. The van der Waals surface area contributed by atoms with Crippen molar-refractivity contribution in [3.8, 4) is 16.3 Å². The summed E-state index contributed by atoms with van der Waals surface area (Å²) >= 11 is 7.88. The maximum absolute atomic E-state index is 12.1. The number of carbonyl (C=O) groups excluding carboxylic acids is 1. The Bertz CT molecular complexity index is 1050. The van der Waals surface area contributed by atoms with E-state index in [0.29, 0.717) is 42.0 Å². The fraction of sp³-hybridized carbons (Fsp3) is 0.560. The van der Waals surface area contributed by atoms with Crippen LogP contribution in [0.15, 0.2) is 12.1 Å². The standard InChI is InChI=1S/C25H31ClN2O5S/c1-14-19(12-27-25(31)32-13-16-5-3-6-16)22(34-23(14)26)20-9-10-21(15(2)28-20)33-18-8-4-7-17(11-18)24(29)30/h9-10,16-18H,3-8,11-13H2,1-2H3,(H,27,31)(H,29,30)/t17-,18-/m0/s1. The molecule has 2 saturated carbocycles. The monoisotopic (exact) mass is 506 g/mol. The SMILES string of the molecule is Cc1nc(-c2sc(Cl)c(C)c2CNC(=O)OCC2CCC2)ccc1O[C@H]1CCC[C@H](C(=O)O)C1. The van der Waals surface area contributed by atoms with E-state index in [0.717, 1.165) is 53.1 Å². The molecule has 4 rings (SSSR count). The third-order valence-corrected chi connectivity index (χ3v) is 8.50. The van der Waals surface area contributed by atoms with Gasteiger partial charge in [0, 0.05) is 6.54 Å². The molecule has 2 aliphatic carbocycles. The van der Waals surface area contributed by atoms with Crippen LogP contribution in [-0.4, -0.2) is 34.9 Å². The van der Waals surface area contributed by atoms with Crippen LogP contribution in [0.3, 0.4) is 0 Å². The number of carbonyl (C=O) groups is 2. The van der Waals surface area contributed by atoms with E-state index in [1.54, 1.807) is 0 Å². The van der Waals surface area contributed by atoms with Gasteiger partial charge in [0.2, 0.25) is 0 Å². The Labute approximate surface area is 208 Å². The zero-order valence-electron chi connectivity index (χ0n) is 19.6. The number of aromatic nitrogens is 1. The third kappa shape index (κ3) is 5.84. The number of ether oxygens (including phenoxy) is 2. The Hall–Kier alpha value is -2.32. The molecule has 0 bridgehead atoms. The molecule has 2 fully saturated rings. The normalized spacial score (nSPS) is 20.4. The highest BCUT2D eigenvalue weighted by atomic mass is 35.5. The second-order valence-electron chi connectivity index (χ2n) is 9.28. The number of hydrogen-bond donors (Lipinski definition) is 2. The van der Waals surface area contributed by atoms with Crippen molar-refractivity contribution < 1.29 is 24.2 Å². The maximum Gasteiger partial charge on any atom is 0.407 e. The zero-order chi connectivity index (χ0) is 24.2. The summed E-state index contributed by atoms with van der Waals surface area (Å²) in [5.74, 6) is 0.0584. The summed E-state index contributed by atoms with van der Waals surface area (Å²) in [6.45, 7) is 4.60. The summed E-state index contributed by atoms with van der Waals surface area (Å²) in [6, 6.07) is 3.77. The molecule has 7 nitrogen and oxygen atoms in total. The van der Waals surface area contributed by atoms with Gasteiger partial charge in [0.1, 0.15) is 5.75 Å². The highest BCUT2D eigenvalue weighted by Gasteiger charge is 2.28. The largest absolute Gasteiger partial charge is 0.489 e. The van der Waals surface area contributed by atoms with Gasteiger partial charge in [-0.25, -0.2) is 9.78 Å². The molecular weight excluding hydrogens is 476 g/mol. The molecule has 0 radical (unpaired) electrons. The van der Waals surface area contributed by atoms with Crippen LogP contribution in [0.1, 0.15) is 61.8 Å². The molecule has 2 N–H and O–H groups in total. The van der Waals surface area contributed by atoms with E-state index in [2.05, 4.69) is 5.32 Å². The number of carboxylic acid groups (broad SMARTS) is 1. The number of carboxylic acids is 1. The molecular formula is C25H31ClN2O5S. The number of aliphatic carboxylic acids is 1. The lowest BCUT2D eigenvalue weighted by atomic mass is 9.86. The van der Waals surface area contributed by atoms with Gasteiger partial charge in [0.15, 0.2) is 0 Å². The smallest absolute Gasteiger partial charge is 0.407 e. The van der Waals surface area contributed by atoms with Gasteiger partial charge in [-0.3, -0.25) is 4.79 Å². The molecule has 34 heavy (non-hydrogen) atoms. The summed E-state index contributed by atoms with van der Waals surface area (Å²) in [5.41, 5.74) is 3.34. The molecule has 184 valence electrons. The highest BCUT2D eigenvalue weighted by molar-refractivity contribution is 7.19. The van der Waals surface area contributed by atoms with Gasteiger partial charge in [-0.2, -0.15) is 0 Å². The van der Waals surface area contributed by atoms with Crippen molar-refractivity contribution >= 4 is 35.0 Å². The van der Waals surface area contributed by atoms with Gasteiger partial charge in [0.25, 0.3) is 0 Å². The van der Waals surface area contributed by atoms with Crippen molar-refractivity contribution in [1.82, 2.24) is 10.3 Å². The molecule has 2 atom stereocenters. The Morgan fingerprint density at radius 2 is 1.97 bits per heavy atom. The first-order chi connectivity index (χ1) is 16.3. The first kappa shape index (κ1) is 24.8. The minimum Gasteiger partial charge on any atom is -0.489 e. The molecule has 2 aliphatic rings. The van der Waals surface area contributed by atoms with E-state index in [4.69, 9.17) is 26.1 Å². The van der Waals surface area contributed by atoms with Crippen molar-refractivity contribution in [3.05, 3.63) is 33.3 Å². The number of pyridine rings is 1. The summed E-state index contributed by atoms with van der Waals surface area (Å²) in [5, 5.41) is 12.2. The fourth-order valence-electron chi connectivity index (χ4n) is 4.46. The van der Waals surface area contributed by atoms with Crippen LogP contribution in [0.4, 0.5) is 4.79 Å². The molecule has 0 aromatic carbocycles. The minimum atomic E-state index is -0.753. The Morgan fingerprint density at radius 3 is 2.65 bits per heavy atom. The fourth-order valence-corrected chi connectivity index (χ4v) is 5.82. The van der Waals surface area contributed by atoms with Crippen LogP contribution in [0, 0.1) is 25.7 Å². The first-order valence-electron chi connectivity index (χ1n) is 11.9. The van der Waals surface area contributed by atoms with Gasteiger partial charge in [0.05, 0.1) is 39.2 Å². The minimum absolute atomic E-state index is 0.120. The van der Waals surface area contributed by atoms with Crippen LogP contribution in [-0.2, 0) is 16.1 Å². The van der Waals surface area contributed by atoms with E-state index in [1.165, 1.54) is 17.8 Å². The van der Waals surface area contributed by atoms with E-state index >= 15 is 0 Å². The molecule has 9 heteroatoms. The van der Waals surface area contributed by atoms with Gasteiger partial charge in [-0.1, -0.05) is 18.0 Å². The van der Waals surface area contributed by atoms with E-state index in [9.17, 15) is 14.7 Å². The number of hydrogen-bond acceptors (Lipinski definition) is 6. The average Bonchev–Trinajstić information content (AvgIpc) is 3.06. The summed E-state index contributed by atoms with van der Waals surface area (Å²) in [6.07, 6.45) is 5.84. The topological polar surface area (TPSA) is 97.8 Å². The second kappa shape index (κ2) is 11.0. The molecule has 0 unspecified atom stereocenters. The van der Waals surface area contributed by atoms with Crippen molar-refractivity contribution in [2.75, 3.05) is 6.61 Å². The van der Waals surface area contributed by atoms with Gasteiger partial charge in [-0.15, -0.1) is 11.3 Å². The highest BCUT2D eigenvalue weighted by Crippen LogP contribution is 2.39. The van der Waals surface area contributed by atoms with Crippen LogP contribution >= 0.6 is 22.9 Å².